The molecule has 0 aromatic heterocycles. The average molecular weight is 896 g/mol. The first-order valence-electron chi connectivity index (χ1n) is 18.8. The molecule has 60 heavy (non-hydrogen) atoms. The van der Waals surface area contributed by atoms with Gasteiger partial charge >= 0.3 is 0 Å². The van der Waals surface area contributed by atoms with Crippen LogP contribution in [0.3, 0.4) is 0 Å². The van der Waals surface area contributed by atoms with E-state index in [-0.39, 0.29) is 17.9 Å². The first-order valence-corrected chi connectivity index (χ1v) is 20.1. The zero-order valence-electron chi connectivity index (χ0n) is 34.0. The molecular weight excluding hydrogens is 835 g/mol. The zero-order valence-corrected chi connectivity index (χ0v) is 35.8. The fraction of sp³-hybridized carbons (Fsp3) is 0.706. The van der Waals surface area contributed by atoms with Gasteiger partial charge in [-0.15, -0.1) is 0 Å². The van der Waals surface area contributed by atoms with E-state index in [4.69, 9.17) is 17.2 Å². The molecular formula is C34H61N11O13S2. The maximum Gasteiger partial charge on any atom is 0.245 e. The van der Waals surface area contributed by atoms with Crippen molar-refractivity contribution in [3.63, 3.8) is 0 Å². The summed E-state index contributed by atoms with van der Waals surface area (Å²) in [6.45, 7) is 6.31. The molecule has 0 saturated heterocycles. The van der Waals surface area contributed by atoms with Crippen molar-refractivity contribution < 1.29 is 63.3 Å². The second-order valence-electron chi connectivity index (χ2n) is 13.9. The summed E-state index contributed by atoms with van der Waals surface area (Å²) in [7, 11) is 0. The summed E-state index contributed by atoms with van der Waals surface area (Å²) in [5, 5.41) is 48.4. The van der Waals surface area contributed by atoms with Crippen LogP contribution in [0, 0.1) is 0 Å². The largest absolute Gasteiger partial charge is 0.391 e. The SMILES string of the molecule is C[C@H](NC(=O)[C@H](CS)NC(=O)[C@@H](NC(=O)[C@H](C)NC(=O)[C@@H](NC(=O)[C@H](CC(N)=O)NC(=O)[C@H](CS)NC(=O)[C@@H](N)CCCCN)[C@@H](C)O)[C@@H](C)O)C(=O)N[C@H](C=O)[C@@H](C)O. The molecule has 9 amide bonds. The minimum atomic E-state index is -1.81. The van der Waals surface area contributed by atoms with Crippen LogP contribution in [0.25, 0.3) is 0 Å². The van der Waals surface area contributed by atoms with E-state index >= 15 is 0 Å². The summed E-state index contributed by atoms with van der Waals surface area (Å²) in [6, 6.07) is -13.0. The third-order valence-electron chi connectivity index (χ3n) is 8.58. The van der Waals surface area contributed by atoms with Crippen molar-refractivity contribution in [2.24, 2.45) is 17.2 Å². The molecule has 0 fully saturated rings. The van der Waals surface area contributed by atoms with Crippen LogP contribution in [-0.4, -0.2) is 166 Å². The van der Waals surface area contributed by atoms with Crippen LogP contribution in [0.15, 0.2) is 0 Å². The molecule has 342 valence electrons. The summed E-state index contributed by atoms with van der Waals surface area (Å²) in [5.41, 5.74) is 16.6. The van der Waals surface area contributed by atoms with Gasteiger partial charge in [-0.05, 0) is 54.0 Å². The van der Waals surface area contributed by atoms with Crippen molar-refractivity contribution in [2.75, 3.05) is 18.1 Å². The lowest BCUT2D eigenvalue weighted by molar-refractivity contribution is -0.137. The van der Waals surface area contributed by atoms with Crippen LogP contribution in [0.1, 0.15) is 60.3 Å². The monoisotopic (exact) mass is 895 g/mol. The Bertz CT molecular complexity index is 1510. The molecule has 0 aliphatic carbocycles. The quantitative estimate of drug-likeness (QED) is 0.0197. The van der Waals surface area contributed by atoms with E-state index in [9.17, 15) is 63.3 Å². The van der Waals surface area contributed by atoms with Crippen LogP contribution in [0.4, 0.5) is 0 Å². The van der Waals surface area contributed by atoms with Gasteiger partial charge in [0.15, 0.2) is 0 Å². The Labute approximate surface area is 358 Å². The molecule has 26 heteroatoms. The zero-order chi connectivity index (χ0) is 46.4. The molecule has 17 N–H and O–H groups in total. The topological polar surface area (TPSA) is 406 Å². The predicted molar refractivity (Wildman–Crippen MR) is 220 cm³/mol. The Kier molecular flexibility index (Phi) is 25.9. The van der Waals surface area contributed by atoms with Crippen LogP contribution in [0.5, 0.6) is 0 Å². The van der Waals surface area contributed by atoms with Gasteiger partial charge in [0.05, 0.1) is 30.8 Å². The Balaban J connectivity index is 5.74. The van der Waals surface area contributed by atoms with E-state index in [0.29, 0.717) is 25.7 Å². The Morgan fingerprint density at radius 2 is 0.950 bits per heavy atom. The van der Waals surface area contributed by atoms with Crippen molar-refractivity contribution in [1.29, 1.82) is 0 Å². The van der Waals surface area contributed by atoms with Gasteiger partial charge in [0.1, 0.15) is 54.6 Å². The highest BCUT2D eigenvalue weighted by Crippen LogP contribution is 2.04. The second-order valence-corrected chi connectivity index (χ2v) is 14.7. The Hall–Kier alpha value is -4.60. The number of aliphatic hydroxyl groups excluding tert-OH is 3. The summed E-state index contributed by atoms with van der Waals surface area (Å²) in [4.78, 5) is 127. The first-order chi connectivity index (χ1) is 27.9. The van der Waals surface area contributed by atoms with E-state index in [0.717, 1.165) is 20.8 Å². The molecule has 12 atom stereocenters. The smallest absolute Gasteiger partial charge is 0.245 e. The number of unbranched alkanes of at least 4 members (excludes halogenated alkanes) is 1. The van der Waals surface area contributed by atoms with Gasteiger partial charge in [-0.3, -0.25) is 43.2 Å². The molecule has 0 radical (unpaired) electrons. The third kappa shape index (κ3) is 19.6. The standard InChI is InChI=1S/C34H61N11O13S2/c1-14(27(51)41-21(11-46)16(3)47)38-31(55)22(12-59)43-34(58)26(18(5)49)44-28(52)15(2)39-33(57)25(17(4)48)45-30(54)20(10-24(37)50)40-32(56)23(13-60)42-29(53)19(36)8-6-7-9-35/h11,14-23,25-26,47-49,59-60H,6-10,12-13,35-36H2,1-5H3,(H2,37,50)(H,38,55)(H,39,57)(H,40,56)(H,41,51)(H,42,53)(H,43,58)(H,44,52)(H,45,54)/t14-,15-,16+,17+,18+,19-,20-,21+,22-,23-,25-,26-/m0/s1. The van der Waals surface area contributed by atoms with Gasteiger partial charge in [-0.25, -0.2) is 0 Å². The number of primary amides is 1. The van der Waals surface area contributed by atoms with Crippen molar-refractivity contribution in [2.45, 2.75) is 133 Å². The van der Waals surface area contributed by atoms with E-state index in [1.807, 2.05) is 0 Å². The molecule has 0 aliphatic heterocycles. The fourth-order valence-electron chi connectivity index (χ4n) is 4.90. The molecule has 0 aromatic carbocycles. The average Bonchev–Trinajstić information content (AvgIpc) is 3.17. The van der Waals surface area contributed by atoms with Gasteiger partial charge in [0, 0.05) is 11.5 Å². The lowest BCUT2D eigenvalue weighted by Gasteiger charge is -2.28. The number of hydrogen-bond acceptors (Lipinski definition) is 17. The minimum Gasteiger partial charge on any atom is -0.391 e. The second kappa shape index (κ2) is 28.0. The maximum absolute atomic E-state index is 13.3. The van der Waals surface area contributed by atoms with Crippen molar-refractivity contribution in [3.05, 3.63) is 0 Å². The highest BCUT2D eigenvalue weighted by atomic mass is 32.1. The van der Waals surface area contributed by atoms with Gasteiger partial charge in [0.2, 0.25) is 53.2 Å². The summed E-state index contributed by atoms with van der Waals surface area (Å²) in [5.74, 6) is -9.48. The molecule has 0 heterocycles. The number of nitrogens with one attached hydrogen (secondary N) is 8. The highest BCUT2D eigenvalue weighted by Gasteiger charge is 2.35. The molecule has 24 nitrogen and oxygen atoms in total. The summed E-state index contributed by atoms with van der Waals surface area (Å²) >= 11 is 8.10. The molecule has 0 saturated carbocycles. The number of carbonyl (C=O) groups excluding carboxylic acids is 10. The van der Waals surface area contributed by atoms with Crippen LogP contribution >= 0.6 is 25.3 Å². The molecule has 0 unspecified atom stereocenters. The first kappa shape index (κ1) is 55.4. The van der Waals surface area contributed by atoms with Crippen molar-refractivity contribution in [1.82, 2.24) is 42.5 Å². The van der Waals surface area contributed by atoms with Gasteiger partial charge < -0.3 is 79.8 Å². The van der Waals surface area contributed by atoms with Crippen molar-refractivity contribution >= 4 is 84.7 Å². The van der Waals surface area contributed by atoms with E-state index in [1.54, 1.807) is 0 Å². The number of hydrogen-bond donors (Lipinski definition) is 16. The molecule has 0 aromatic rings. The number of rotatable bonds is 28. The number of aliphatic hydroxyl groups is 3. The van der Waals surface area contributed by atoms with E-state index < -0.39 is 132 Å². The van der Waals surface area contributed by atoms with E-state index in [2.05, 4.69) is 67.8 Å². The molecule has 0 spiro atoms. The lowest BCUT2D eigenvalue weighted by atomic mass is 10.1. The minimum absolute atomic E-state index is 0.254. The maximum atomic E-state index is 13.3. The van der Waals surface area contributed by atoms with Gasteiger partial charge in [-0.1, -0.05) is 6.42 Å². The number of thiol groups is 2. The Morgan fingerprint density at radius 3 is 1.38 bits per heavy atom. The summed E-state index contributed by atoms with van der Waals surface area (Å²) < 4.78 is 0. The Morgan fingerprint density at radius 1 is 0.550 bits per heavy atom. The normalized spacial score (nSPS) is 17.1. The van der Waals surface area contributed by atoms with Crippen LogP contribution < -0.4 is 59.7 Å². The number of amides is 9. The molecule has 0 aliphatic rings. The third-order valence-corrected chi connectivity index (χ3v) is 9.31. The highest BCUT2D eigenvalue weighted by molar-refractivity contribution is 7.80. The number of carbonyl (C=O) groups is 10. The van der Waals surface area contributed by atoms with Crippen LogP contribution in [0.2, 0.25) is 0 Å². The van der Waals surface area contributed by atoms with Crippen molar-refractivity contribution in [3.8, 4) is 0 Å². The van der Waals surface area contributed by atoms with Gasteiger partial charge in [0.25, 0.3) is 0 Å². The number of aldehydes is 1. The van der Waals surface area contributed by atoms with Crippen LogP contribution in [-0.2, 0) is 47.9 Å². The molecule has 0 bridgehead atoms. The lowest BCUT2D eigenvalue weighted by Crippen LogP contribution is -2.62. The predicted octanol–water partition coefficient (Wildman–Crippen LogP) is -7.56. The summed E-state index contributed by atoms with van der Waals surface area (Å²) in [6.07, 6.45) is -3.48. The molecule has 0 rings (SSSR count). The number of nitrogens with two attached hydrogens (primary N) is 3. The fourth-order valence-corrected chi connectivity index (χ4v) is 5.41. The van der Waals surface area contributed by atoms with Gasteiger partial charge in [-0.2, -0.15) is 25.3 Å². The van der Waals surface area contributed by atoms with E-state index in [1.165, 1.54) is 13.8 Å².